The third-order valence-electron chi connectivity index (χ3n) is 2.75. The molecule has 2 rings (SSSR count). The van der Waals surface area contributed by atoms with Gasteiger partial charge in [0.1, 0.15) is 6.04 Å². The van der Waals surface area contributed by atoms with Crippen LogP contribution in [0.15, 0.2) is 16.8 Å². The smallest absolute Gasteiger partial charge is 0.320 e. The second-order valence-corrected chi connectivity index (χ2v) is 3.80. The van der Waals surface area contributed by atoms with Gasteiger partial charge in [-0.3, -0.25) is 9.69 Å². The highest BCUT2D eigenvalue weighted by molar-refractivity contribution is 5.73. The molecule has 1 aliphatic heterocycles. The predicted octanol–water partition coefficient (Wildman–Crippen LogP) is 1.11. The van der Waals surface area contributed by atoms with Crippen LogP contribution in [0.25, 0.3) is 0 Å². The molecule has 1 N–H and O–H groups in total. The Labute approximate surface area is 87.7 Å². The van der Waals surface area contributed by atoms with Crippen molar-refractivity contribution in [1.29, 1.82) is 0 Å². The van der Waals surface area contributed by atoms with E-state index < -0.39 is 5.97 Å². The van der Waals surface area contributed by atoms with E-state index in [0.717, 1.165) is 31.6 Å². The van der Waals surface area contributed by atoms with Crippen LogP contribution in [-0.2, 0) is 11.3 Å². The number of nitrogens with zero attached hydrogens (tertiary/aromatic N) is 2. The van der Waals surface area contributed by atoms with Gasteiger partial charge in [0.15, 0.2) is 5.76 Å². The maximum atomic E-state index is 11.0. The standard InChI is InChI=1S/C10H14N2O3/c13-10(14)9-3-1-2-6-12(9)7-8-4-5-11-15-8/h4-5,9H,1-3,6-7H2,(H,13,14). The summed E-state index contributed by atoms with van der Waals surface area (Å²) in [5.41, 5.74) is 0. The van der Waals surface area contributed by atoms with Crippen LogP contribution in [0.4, 0.5) is 0 Å². The molecule has 5 nitrogen and oxygen atoms in total. The molecule has 5 heteroatoms. The molecule has 1 unspecified atom stereocenters. The number of hydrogen-bond acceptors (Lipinski definition) is 4. The molecule has 0 amide bonds. The maximum absolute atomic E-state index is 11.0. The van der Waals surface area contributed by atoms with Gasteiger partial charge in [-0.1, -0.05) is 11.6 Å². The van der Waals surface area contributed by atoms with Crippen LogP contribution in [0, 0.1) is 0 Å². The predicted molar refractivity (Wildman–Crippen MR) is 52.2 cm³/mol. The first-order chi connectivity index (χ1) is 7.27. The molecule has 0 radical (unpaired) electrons. The van der Waals surface area contributed by atoms with E-state index in [2.05, 4.69) is 5.16 Å². The number of carbonyl (C=O) groups is 1. The number of hydrogen-bond donors (Lipinski definition) is 1. The van der Waals surface area contributed by atoms with Crippen molar-refractivity contribution in [3.05, 3.63) is 18.0 Å². The average Bonchev–Trinajstić information content (AvgIpc) is 2.71. The van der Waals surface area contributed by atoms with Crippen LogP contribution in [0.2, 0.25) is 0 Å². The van der Waals surface area contributed by atoms with Crippen LogP contribution in [0.1, 0.15) is 25.0 Å². The maximum Gasteiger partial charge on any atom is 0.320 e. The number of aliphatic carboxylic acids is 1. The third kappa shape index (κ3) is 2.36. The highest BCUT2D eigenvalue weighted by Crippen LogP contribution is 2.19. The highest BCUT2D eigenvalue weighted by Gasteiger charge is 2.28. The largest absolute Gasteiger partial charge is 0.480 e. The molecule has 0 bridgehead atoms. The summed E-state index contributed by atoms with van der Waals surface area (Å²) in [6.07, 6.45) is 4.35. The van der Waals surface area contributed by atoms with Gasteiger partial charge in [0.2, 0.25) is 0 Å². The monoisotopic (exact) mass is 210 g/mol. The second-order valence-electron chi connectivity index (χ2n) is 3.80. The van der Waals surface area contributed by atoms with Gasteiger partial charge in [0.25, 0.3) is 0 Å². The first-order valence-corrected chi connectivity index (χ1v) is 5.14. The van der Waals surface area contributed by atoms with Crippen molar-refractivity contribution >= 4 is 5.97 Å². The van der Waals surface area contributed by atoms with Crippen LogP contribution in [0.3, 0.4) is 0 Å². The molecule has 2 heterocycles. The lowest BCUT2D eigenvalue weighted by Crippen LogP contribution is -2.43. The van der Waals surface area contributed by atoms with Crippen molar-refractivity contribution < 1.29 is 14.4 Å². The van der Waals surface area contributed by atoms with E-state index in [1.807, 2.05) is 4.90 Å². The van der Waals surface area contributed by atoms with Gasteiger partial charge in [-0.15, -0.1) is 0 Å². The molecule has 1 saturated heterocycles. The molecule has 0 aliphatic carbocycles. The SMILES string of the molecule is O=C(O)C1CCCCN1Cc1ccno1. The summed E-state index contributed by atoms with van der Waals surface area (Å²) in [4.78, 5) is 12.9. The number of likely N-dealkylation sites (tertiary alicyclic amines) is 1. The van der Waals surface area contributed by atoms with Crippen molar-refractivity contribution in [2.45, 2.75) is 31.8 Å². The lowest BCUT2D eigenvalue weighted by atomic mass is 10.0. The van der Waals surface area contributed by atoms with Crippen molar-refractivity contribution in [1.82, 2.24) is 10.1 Å². The summed E-state index contributed by atoms with van der Waals surface area (Å²) in [7, 11) is 0. The average molecular weight is 210 g/mol. The number of aromatic nitrogens is 1. The summed E-state index contributed by atoms with van der Waals surface area (Å²) in [5, 5.41) is 12.7. The Morgan fingerprint density at radius 2 is 2.53 bits per heavy atom. The molecule has 0 spiro atoms. The molecule has 0 aromatic carbocycles. The van der Waals surface area contributed by atoms with Gasteiger partial charge in [0, 0.05) is 6.07 Å². The van der Waals surface area contributed by atoms with E-state index in [1.54, 1.807) is 12.3 Å². The second kappa shape index (κ2) is 4.44. The van der Waals surface area contributed by atoms with Crippen molar-refractivity contribution in [2.75, 3.05) is 6.54 Å². The topological polar surface area (TPSA) is 66.6 Å². The zero-order valence-electron chi connectivity index (χ0n) is 8.43. The molecule has 1 atom stereocenters. The zero-order chi connectivity index (χ0) is 10.7. The number of rotatable bonds is 3. The van der Waals surface area contributed by atoms with E-state index in [4.69, 9.17) is 9.63 Å². The van der Waals surface area contributed by atoms with Gasteiger partial charge >= 0.3 is 5.97 Å². The molecule has 1 aliphatic rings. The van der Waals surface area contributed by atoms with E-state index in [0.29, 0.717) is 6.54 Å². The molecular weight excluding hydrogens is 196 g/mol. The van der Waals surface area contributed by atoms with Crippen LogP contribution >= 0.6 is 0 Å². The van der Waals surface area contributed by atoms with Crippen molar-refractivity contribution in [3.63, 3.8) is 0 Å². The molecule has 0 saturated carbocycles. The summed E-state index contributed by atoms with van der Waals surface area (Å²) in [5.74, 6) is -0.0163. The number of piperidine rings is 1. The Bertz CT molecular complexity index is 323. The quantitative estimate of drug-likeness (QED) is 0.809. The minimum atomic E-state index is -0.741. The van der Waals surface area contributed by atoms with E-state index in [-0.39, 0.29) is 6.04 Å². The fourth-order valence-electron chi connectivity index (χ4n) is 1.98. The van der Waals surface area contributed by atoms with Crippen LogP contribution in [-0.4, -0.2) is 33.7 Å². The van der Waals surface area contributed by atoms with Crippen molar-refractivity contribution in [3.8, 4) is 0 Å². The molecule has 15 heavy (non-hydrogen) atoms. The Balaban J connectivity index is 2.02. The number of carboxylic acids is 1. The zero-order valence-corrected chi connectivity index (χ0v) is 8.43. The number of carboxylic acid groups (broad SMARTS) is 1. The van der Waals surface area contributed by atoms with Crippen LogP contribution in [0.5, 0.6) is 0 Å². The Hall–Kier alpha value is -1.36. The summed E-state index contributed by atoms with van der Waals surface area (Å²) < 4.78 is 4.98. The Morgan fingerprint density at radius 3 is 3.20 bits per heavy atom. The fourth-order valence-corrected chi connectivity index (χ4v) is 1.98. The van der Waals surface area contributed by atoms with Gasteiger partial charge in [-0.25, -0.2) is 0 Å². The normalized spacial score (nSPS) is 22.8. The minimum Gasteiger partial charge on any atom is -0.480 e. The summed E-state index contributed by atoms with van der Waals surface area (Å²) in [6, 6.07) is 1.40. The summed E-state index contributed by atoms with van der Waals surface area (Å²) >= 11 is 0. The first kappa shape index (κ1) is 10.2. The van der Waals surface area contributed by atoms with Gasteiger partial charge in [-0.2, -0.15) is 0 Å². The lowest BCUT2D eigenvalue weighted by Gasteiger charge is -2.31. The first-order valence-electron chi connectivity index (χ1n) is 5.14. The lowest BCUT2D eigenvalue weighted by molar-refractivity contribution is -0.145. The van der Waals surface area contributed by atoms with E-state index in [9.17, 15) is 4.79 Å². The fraction of sp³-hybridized carbons (Fsp3) is 0.600. The molecule has 1 aromatic heterocycles. The van der Waals surface area contributed by atoms with Crippen LogP contribution < -0.4 is 0 Å². The minimum absolute atomic E-state index is 0.371. The highest BCUT2D eigenvalue weighted by atomic mass is 16.5. The van der Waals surface area contributed by atoms with Gasteiger partial charge < -0.3 is 9.63 Å². The van der Waals surface area contributed by atoms with Gasteiger partial charge in [0.05, 0.1) is 12.7 Å². The molecular formula is C10H14N2O3. The van der Waals surface area contributed by atoms with E-state index >= 15 is 0 Å². The molecule has 1 fully saturated rings. The summed E-state index contributed by atoms with van der Waals surface area (Å²) in [6.45, 7) is 1.36. The van der Waals surface area contributed by atoms with Gasteiger partial charge in [-0.05, 0) is 19.4 Å². The Morgan fingerprint density at radius 1 is 1.67 bits per heavy atom. The molecule has 1 aromatic rings. The van der Waals surface area contributed by atoms with E-state index in [1.165, 1.54) is 0 Å². The molecule has 82 valence electrons. The Kier molecular flexibility index (Phi) is 3.01. The third-order valence-corrected chi connectivity index (χ3v) is 2.75. The van der Waals surface area contributed by atoms with Crippen molar-refractivity contribution in [2.24, 2.45) is 0 Å².